The Hall–Kier alpha value is -4.50. The van der Waals surface area contributed by atoms with Crippen molar-refractivity contribution in [2.45, 2.75) is 33.7 Å². The fourth-order valence-electron chi connectivity index (χ4n) is 4.77. The van der Waals surface area contributed by atoms with Crippen LogP contribution in [0.2, 0.25) is 0 Å². The number of pyridine rings is 1. The van der Waals surface area contributed by atoms with E-state index < -0.39 is 17.9 Å². The third-order valence-electron chi connectivity index (χ3n) is 6.60. The number of hydrogen-bond donors (Lipinski definition) is 1. The summed E-state index contributed by atoms with van der Waals surface area (Å²) in [6.07, 6.45) is 0. The van der Waals surface area contributed by atoms with Gasteiger partial charge in [0.05, 0.1) is 18.0 Å². The molecule has 0 fully saturated rings. The predicted octanol–water partition coefficient (Wildman–Crippen LogP) is 5.91. The minimum absolute atomic E-state index is 0.201. The van der Waals surface area contributed by atoms with Gasteiger partial charge in [0.25, 0.3) is 5.56 Å². The van der Waals surface area contributed by atoms with Crippen molar-refractivity contribution >= 4 is 39.2 Å². The molecule has 0 radical (unpaired) electrons. The Balaban J connectivity index is 1.59. The van der Waals surface area contributed by atoms with Crippen LogP contribution in [0.4, 0.5) is 5.00 Å². The van der Waals surface area contributed by atoms with E-state index >= 15 is 0 Å². The van der Waals surface area contributed by atoms with Crippen LogP contribution in [0, 0.1) is 13.8 Å². The number of esters is 1. The van der Waals surface area contributed by atoms with Crippen LogP contribution >= 0.6 is 11.3 Å². The van der Waals surface area contributed by atoms with Crippen molar-refractivity contribution in [1.29, 1.82) is 0 Å². The lowest BCUT2D eigenvalue weighted by atomic mass is 10.0. The molecule has 5 aromatic rings. The number of fused-ring (bicyclic) bond motifs is 1. The summed E-state index contributed by atoms with van der Waals surface area (Å²) in [6.45, 7) is 7.35. The molecule has 8 nitrogen and oxygen atoms in total. The van der Waals surface area contributed by atoms with Crippen molar-refractivity contribution in [3.8, 4) is 16.8 Å². The van der Waals surface area contributed by atoms with Gasteiger partial charge in [-0.05, 0) is 51.0 Å². The fraction of sp³-hybridized carbons (Fsp3) is 0.200. The summed E-state index contributed by atoms with van der Waals surface area (Å²) < 4.78 is 8.48. The number of thiophene rings is 1. The highest BCUT2D eigenvalue weighted by atomic mass is 32.1. The molecule has 0 saturated heterocycles. The lowest BCUT2D eigenvalue weighted by molar-refractivity contribution is -0.118. The van der Waals surface area contributed by atoms with E-state index in [1.807, 2.05) is 79.9 Å². The lowest BCUT2D eigenvalue weighted by Crippen LogP contribution is -2.32. The zero-order valence-corrected chi connectivity index (χ0v) is 22.9. The van der Waals surface area contributed by atoms with E-state index in [2.05, 4.69) is 5.32 Å². The maximum Gasteiger partial charge on any atom is 0.341 e. The molecule has 0 aliphatic rings. The zero-order valence-electron chi connectivity index (χ0n) is 22.1. The summed E-state index contributed by atoms with van der Waals surface area (Å²) in [7, 11) is 0. The van der Waals surface area contributed by atoms with E-state index in [1.54, 1.807) is 18.5 Å². The quantitative estimate of drug-likeness (QED) is 0.259. The zero-order chi connectivity index (χ0) is 27.7. The summed E-state index contributed by atoms with van der Waals surface area (Å²) in [5.41, 5.74) is 4.34. The van der Waals surface area contributed by atoms with Gasteiger partial charge in [0, 0.05) is 22.4 Å². The molecule has 198 valence electrons. The first-order valence-electron chi connectivity index (χ1n) is 12.6. The van der Waals surface area contributed by atoms with Crippen molar-refractivity contribution in [1.82, 2.24) is 14.3 Å². The minimum Gasteiger partial charge on any atom is -0.462 e. The lowest BCUT2D eigenvalue weighted by Gasteiger charge is -2.18. The standard InChI is InChI=1S/C30H28N4O4S/c1-5-38-30(37)26-23(21-12-8-6-9-13-21)17-39-28(26)31-27(36)20(4)33-24(35)16-18(2)25-19(3)32-34(29(25)33)22-14-10-7-11-15-22/h6-17,20H,5H2,1-4H3,(H,31,36). The van der Waals surface area contributed by atoms with Gasteiger partial charge in [0.2, 0.25) is 5.91 Å². The van der Waals surface area contributed by atoms with E-state index in [0.717, 1.165) is 27.9 Å². The maximum atomic E-state index is 13.7. The number of amides is 1. The molecule has 39 heavy (non-hydrogen) atoms. The van der Waals surface area contributed by atoms with Crippen LogP contribution in [0.5, 0.6) is 0 Å². The maximum absolute atomic E-state index is 13.7. The Bertz CT molecular complexity index is 1740. The number of ether oxygens (including phenoxy) is 1. The van der Waals surface area contributed by atoms with Crippen molar-refractivity contribution in [3.05, 3.63) is 99.3 Å². The van der Waals surface area contributed by atoms with Crippen molar-refractivity contribution < 1.29 is 14.3 Å². The molecule has 1 unspecified atom stereocenters. The second-order valence-corrected chi connectivity index (χ2v) is 10.1. The number of hydrogen-bond acceptors (Lipinski definition) is 6. The van der Waals surface area contributed by atoms with Gasteiger partial charge in [0.1, 0.15) is 22.3 Å². The van der Waals surface area contributed by atoms with Gasteiger partial charge < -0.3 is 10.1 Å². The number of nitrogens with zero attached hydrogens (tertiary/aromatic N) is 3. The minimum atomic E-state index is -0.906. The van der Waals surface area contributed by atoms with Crippen LogP contribution in [0.1, 0.15) is 41.5 Å². The molecule has 0 spiro atoms. The van der Waals surface area contributed by atoms with Crippen LogP contribution in [0.25, 0.3) is 27.8 Å². The number of para-hydroxylation sites is 1. The number of benzene rings is 2. The van der Waals surface area contributed by atoms with Gasteiger partial charge in [0.15, 0.2) is 0 Å². The highest BCUT2D eigenvalue weighted by Gasteiger charge is 2.27. The van der Waals surface area contributed by atoms with Crippen LogP contribution < -0.4 is 10.9 Å². The number of aryl methyl sites for hydroxylation is 2. The van der Waals surface area contributed by atoms with Crippen molar-refractivity contribution in [2.24, 2.45) is 0 Å². The summed E-state index contributed by atoms with van der Waals surface area (Å²) >= 11 is 1.24. The largest absolute Gasteiger partial charge is 0.462 e. The first kappa shape index (κ1) is 26.1. The van der Waals surface area contributed by atoms with Crippen molar-refractivity contribution in [2.75, 3.05) is 11.9 Å². The van der Waals surface area contributed by atoms with E-state index in [1.165, 1.54) is 22.0 Å². The van der Waals surface area contributed by atoms with E-state index in [0.29, 0.717) is 21.8 Å². The highest BCUT2D eigenvalue weighted by molar-refractivity contribution is 7.15. The van der Waals surface area contributed by atoms with Crippen LogP contribution in [-0.4, -0.2) is 32.8 Å². The van der Waals surface area contributed by atoms with E-state index in [9.17, 15) is 14.4 Å². The summed E-state index contributed by atoms with van der Waals surface area (Å²) in [6, 6.07) is 19.6. The highest BCUT2D eigenvalue weighted by Crippen LogP contribution is 2.37. The summed E-state index contributed by atoms with van der Waals surface area (Å²) in [4.78, 5) is 40.0. The number of anilines is 1. The molecular weight excluding hydrogens is 512 g/mol. The number of nitrogens with one attached hydrogen (secondary N) is 1. The van der Waals surface area contributed by atoms with Crippen LogP contribution in [-0.2, 0) is 9.53 Å². The van der Waals surface area contributed by atoms with Gasteiger partial charge in [-0.15, -0.1) is 11.3 Å². The van der Waals surface area contributed by atoms with Gasteiger partial charge in [-0.3, -0.25) is 14.2 Å². The van der Waals surface area contributed by atoms with Crippen LogP contribution in [0.15, 0.2) is 76.9 Å². The van der Waals surface area contributed by atoms with Gasteiger partial charge >= 0.3 is 5.97 Å². The normalized spacial score (nSPS) is 11.9. The number of carbonyl (C=O) groups is 2. The smallest absolute Gasteiger partial charge is 0.341 e. The molecule has 1 N–H and O–H groups in total. The Morgan fingerprint density at radius 3 is 2.38 bits per heavy atom. The Labute approximate surface area is 229 Å². The number of rotatable bonds is 7. The molecular formula is C30H28N4O4S. The first-order valence-corrected chi connectivity index (χ1v) is 13.5. The number of carbonyl (C=O) groups excluding carboxylic acids is 2. The average Bonchev–Trinajstić information content (AvgIpc) is 3.51. The molecule has 0 aliphatic carbocycles. The molecule has 1 amide bonds. The van der Waals surface area contributed by atoms with Gasteiger partial charge in [-0.1, -0.05) is 48.5 Å². The molecule has 3 aromatic heterocycles. The molecule has 0 saturated carbocycles. The molecule has 1 atom stereocenters. The molecule has 0 bridgehead atoms. The third kappa shape index (κ3) is 4.77. The Morgan fingerprint density at radius 1 is 1.05 bits per heavy atom. The molecule has 2 aromatic carbocycles. The second kappa shape index (κ2) is 10.7. The molecule has 3 heterocycles. The number of aromatic nitrogens is 3. The average molecular weight is 541 g/mol. The van der Waals surface area contributed by atoms with Gasteiger partial charge in [-0.2, -0.15) is 5.10 Å². The van der Waals surface area contributed by atoms with Gasteiger partial charge in [-0.25, -0.2) is 9.48 Å². The Kier molecular flexibility index (Phi) is 7.17. The molecule has 0 aliphatic heterocycles. The fourth-order valence-corrected chi connectivity index (χ4v) is 5.73. The second-order valence-electron chi connectivity index (χ2n) is 9.17. The molecule has 5 rings (SSSR count). The predicted molar refractivity (Wildman–Crippen MR) is 154 cm³/mol. The Morgan fingerprint density at radius 2 is 1.72 bits per heavy atom. The molecule has 9 heteroatoms. The van der Waals surface area contributed by atoms with Crippen LogP contribution in [0.3, 0.4) is 0 Å². The SMILES string of the molecule is CCOC(=O)c1c(-c2ccccc2)csc1NC(=O)C(C)n1c(=O)cc(C)c2c(C)nn(-c3ccccc3)c21. The third-order valence-corrected chi connectivity index (χ3v) is 7.49. The van der Waals surface area contributed by atoms with E-state index in [4.69, 9.17) is 9.84 Å². The topological polar surface area (TPSA) is 95.2 Å². The monoisotopic (exact) mass is 540 g/mol. The van der Waals surface area contributed by atoms with E-state index in [-0.39, 0.29) is 12.2 Å². The summed E-state index contributed by atoms with van der Waals surface area (Å²) in [5, 5.41) is 10.6. The van der Waals surface area contributed by atoms with Crippen molar-refractivity contribution in [3.63, 3.8) is 0 Å². The first-order chi connectivity index (χ1) is 18.8. The summed E-state index contributed by atoms with van der Waals surface area (Å²) in [5.74, 6) is -0.957.